The summed E-state index contributed by atoms with van der Waals surface area (Å²) in [7, 11) is 0. The maximum absolute atomic E-state index is 11.5. The Balaban J connectivity index is 2.48. The van der Waals surface area contributed by atoms with Gasteiger partial charge in [-0.15, -0.1) is 0 Å². The van der Waals surface area contributed by atoms with Crippen molar-refractivity contribution in [3.63, 3.8) is 0 Å². The van der Waals surface area contributed by atoms with Gasteiger partial charge in [0.1, 0.15) is 6.10 Å². The minimum Gasteiger partial charge on any atom is -0.459 e. The van der Waals surface area contributed by atoms with Crippen LogP contribution in [0.3, 0.4) is 0 Å². The lowest BCUT2D eigenvalue weighted by molar-refractivity contribution is -0.145. The number of rotatable bonds is 7. The fourth-order valence-corrected chi connectivity index (χ4v) is 2.36. The second-order valence-electron chi connectivity index (χ2n) is 7.10. The molecule has 0 aliphatic heterocycles. The predicted octanol–water partition coefficient (Wildman–Crippen LogP) is 2.70. The summed E-state index contributed by atoms with van der Waals surface area (Å²) in [4.78, 5) is 11.5. The van der Waals surface area contributed by atoms with Crippen molar-refractivity contribution >= 4 is 5.97 Å². The molecule has 4 heteroatoms. The van der Waals surface area contributed by atoms with Gasteiger partial charge in [0, 0.05) is 11.5 Å². The van der Waals surface area contributed by atoms with Gasteiger partial charge in [0.2, 0.25) is 0 Å². The Labute approximate surface area is 122 Å². The summed E-state index contributed by atoms with van der Waals surface area (Å²) in [6.07, 6.45) is 0.845. The fourth-order valence-electron chi connectivity index (χ4n) is 2.36. The largest absolute Gasteiger partial charge is 0.459 e. The zero-order valence-electron chi connectivity index (χ0n) is 13.5. The van der Waals surface area contributed by atoms with E-state index in [4.69, 9.17) is 9.47 Å². The maximum Gasteiger partial charge on any atom is 0.333 e. The SMILES string of the molecule is C=C(C)C(=O)OC(C)C1CC1C(C)(C)OCC(C)(C)O. The number of hydrogen-bond acceptors (Lipinski definition) is 4. The van der Waals surface area contributed by atoms with Gasteiger partial charge < -0.3 is 14.6 Å². The standard InChI is InChI=1S/C16H28O4/c1-10(2)14(17)20-11(3)12-8-13(12)16(6,7)19-9-15(4,5)18/h11-13,18H,1,8-9H2,2-7H3. The molecule has 0 aromatic carbocycles. The van der Waals surface area contributed by atoms with E-state index >= 15 is 0 Å². The van der Waals surface area contributed by atoms with E-state index < -0.39 is 5.60 Å². The monoisotopic (exact) mass is 284 g/mol. The molecule has 0 heterocycles. The van der Waals surface area contributed by atoms with Crippen molar-refractivity contribution < 1.29 is 19.4 Å². The summed E-state index contributed by atoms with van der Waals surface area (Å²) < 4.78 is 11.2. The lowest BCUT2D eigenvalue weighted by Gasteiger charge is -2.30. The third-order valence-electron chi connectivity index (χ3n) is 3.77. The van der Waals surface area contributed by atoms with Crippen LogP contribution in [0.15, 0.2) is 12.2 Å². The molecular formula is C16H28O4. The van der Waals surface area contributed by atoms with E-state index in [-0.39, 0.29) is 17.7 Å². The number of hydrogen-bond donors (Lipinski definition) is 1. The van der Waals surface area contributed by atoms with Crippen LogP contribution in [0.2, 0.25) is 0 Å². The molecule has 0 bridgehead atoms. The Hall–Kier alpha value is -0.870. The molecule has 0 radical (unpaired) electrons. The molecule has 0 saturated heterocycles. The van der Waals surface area contributed by atoms with Gasteiger partial charge in [-0.25, -0.2) is 4.79 Å². The van der Waals surface area contributed by atoms with Gasteiger partial charge in [-0.2, -0.15) is 0 Å². The highest BCUT2D eigenvalue weighted by molar-refractivity contribution is 5.87. The van der Waals surface area contributed by atoms with Gasteiger partial charge in [0.15, 0.2) is 0 Å². The molecule has 1 fully saturated rings. The van der Waals surface area contributed by atoms with Crippen LogP contribution in [0.4, 0.5) is 0 Å². The molecule has 1 rings (SSSR count). The van der Waals surface area contributed by atoms with Crippen LogP contribution in [0.1, 0.15) is 48.0 Å². The number of carbonyl (C=O) groups excluding carboxylic acids is 1. The normalized spacial score (nSPS) is 24.1. The van der Waals surface area contributed by atoms with Crippen LogP contribution >= 0.6 is 0 Å². The molecule has 0 spiro atoms. The van der Waals surface area contributed by atoms with Crippen LogP contribution in [-0.2, 0) is 14.3 Å². The average molecular weight is 284 g/mol. The first-order chi connectivity index (χ1) is 8.94. The van der Waals surface area contributed by atoms with E-state index in [1.807, 2.05) is 20.8 Å². The molecule has 3 unspecified atom stereocenters. The van der Waals surface area contributed by atoms with E-state index in [1.165, 1.54) is 0 Å². The molecule has 20 heavy (non-hydrogen) atoms. The van der Waals surface area contributed by atoms with Crippen LogP contribution in [0.5, 0.6) is 0 Å². The van der Waals surface area contributed by atoms with E-state index in [9.17, 15) is 9.90 Å². The third kappa shape index (κ3) is 4.91. The first-order valence-corrected chi connectivity index (χ1v) is 7.17. The van der Waals surface area contributed by atoms with Crippen LogP contribution < -0.4 is 0 Å². The molecule has 3 atom stereocenters. The molecule has 0 amide bonds. The van der Waals surface area contributed by atoms with Gasteiger partial charge in [-0.1, -0.05) is 6.58 Å². The van der Waals surface area contributed by atoms with Gasteiger partial charge in [0.25, 0.3) is 0 Å². The zero-order chi connectivity index (χ0) is 15.7. The zero-order valence-corrected chi connectivity index (χ0v) is 13.5. The number of aliphatic hydroxyl groups is 1. The highest BCUT2D eigenvalue weighted by Crippen LogP contribution is 2.50. The second kappa shape index (κ2) is 5.86. The summed E-state index contributed by atoms with van der Waals surface area (Å²) in [5.41, 5.74) is -0.736. The number of esters is 1. The first kappa shape index (κ1) is 17.2. The topological polar surface area (TPSA) is 55.8 Å². The number of carbonyl (C=O) groups is 1. The Morgan fingerprint density at radius 1 is 1.40 bits per heavy atom. The van der Waals surface area contributed by atoms with Crippen LogP contribution in [0.25, 0.3) is 0 Å². The van der Waals surface area contributed by atoms with Crippen LogP contribution in [0, 0.1) is 11.8 Å². The summed E-state index contributed by atoms with van der Waals surface area (Å²) in [6, 6.07) is 0. The lowest BCUT2D eigenvalue weighted by Crippen LogP contribution is -2.37. The molecule has 1 aliphatic rings. The average Bonchev–Trinajstić information content (AvgIpc) is 3.05. The first-order valence-electron chi connectivity index (χ1n) is 7.17. The van der Waals surface area contributed by atoms with Gasteiger partial charge in [0.05, 0.1) is 17.8 Å². The van der Waals surface area contributed by atoms with E-state index in [1.54, 1.807) is 20.8 Å². The minimum absolute atomic E-state index is 0.130. The molecule has 4 nitrogen and oxygen atoms in total. The second-order valence-corrected chi connectivity index (χ2v) is 7.10. The molecule has 0 aromatic rings. The Morgan fingerprint density at radius 2 is 1.95 bits per heavy atom. The van der Waals surface area contributed by atoms with Crippen molar-refractivity contribution in [3.05, 3.63) is 12.2 Å². The van der Waals surface area contributed by atoms with Crippen molar-refractivity contribution in [2.24, 2.45) is 11.8 Å². The summed E-state index contributed by atoms with van der Waals surface area (Å²) in [5.74, 6) is 0.325. The van der Waals surface area contributed by atoms with E-state index in [0.717, 1.165) is 6.42 Å². The maximum atomic E-state index is 11.5. The van der Waals surface area contributed by atoms with Crippen molar-refractivity contribution in [1.82, 2.24) is 0 Å². The van der Waals surface area contributed by atoms with Crippen molar-refractivity contribution in [1.29, 1.82) is 0 Å². The Bertz CT molecular complexity index is 378. The molecule has 1 N–H and O–H groups in total. The van der Waals surface area contributed by atoms with Gasteiger partial charge in [-0.3, -0.25) is 0 Å². The smallest absolute Gasteiger partial charge is 0.333 e. The Kier molecular flexibility index (Phi) is 5.03. The quantitative estimate of drug-likeness (QED) is 0.577. The highest BCUT2D eigenvalue weighted by Gasteiger charge is 2.52. The summed E-state index contributed by atoms with van der Waals surface area (Å²) >= 11 is 0. The Morgan fingerprint density at radius 3 is 2.40 bits per heavy atom. The fraction of sp³-hybridized carbons (Fsp3) is 0.812. The molecular weight excluding hydrogens is 256 g/mol. The minimum atomic E-state index is -0.834. The van der Waals surface area contributed by atoms with Crippen molar-refractivity contribution in [2.45, 2.75) is 65.3 Å². The molecule has 1 aliphatic carbocycles. The lowest BCUT2D eigenvalue weighted by atomic mass is 9.99. The van der Waals surface area contributed by atoms with Crippen LogP contribution in [-0.4, -0.2) is 35.0 Å². The van der Waals surface area contributed by atoms with E-state index in [2.05, 4.69) is 6.58 Å². The van der Waals surface area contributed by atoms with Crippen molar-refractivity contribution in [3.8, 4) is 0 Å². The van der Waals surface area contributed by atoms with Gasteiger partial charge in [-0.05, 0) is 53.9 Å². The highest BCUT2D eigenvalue weighted by atomic mass is 16.5. The molecule has 1 saturated carbocycles. The van der Waals surface area contributed by atoms with Crippen molar-refractivity contribution in [2.75, 3.05) is 6.61 Å². The molecule has 116 valence electrons. The molecule has 0 aromatic heterocycles. The van der Waals surface area contributed by atoms with Gasteiger partial charge >= 0.3 is 5.97 Å². The predicted molar refractivity (Wildman–Crippen MR) is 78.3 cm³/mol. The summed E-state index contributed by atoms with van der Waals surface area (Å²) in [6.45, 7) is 14.9. The van der Waals surface area contributed by atoms with E-state index in [0.29, 0.717) is 24.0 Å². The number of ether oxygens (including phenoxy) is 2. The summed E-state index contributed by atoms with van der Waals surface area (Å²) in [5, 5.41) is 9.73. The third-order valence-corrected chi connectivity index (χ3v) is 3.77.